The summed E-state index contributed by atoms with van der Waals surface area (Å²) in [5.41, 5.74) is 3.87. The number of aromatic nitrogens is 2. The molecule has 0 fully saturated rings. The summed E-state index contributed by atoms with van der Waals surface area (Å²) < 4.78 is 2.34. The fourth-order valence-corrected chi connectivity index (χ4v) is 5.59. The third kappa shape index (κ3) is 5.12. The van der Waals surface area contributed by atoms with E-state index in [4.69, 9.17) is 12.6 Å². The van der Waals surface area contributed by atoms with Gasteiger partial charge in [0.25, 0.3) is 0 Å². The molecule has 2 aromatic heterocycles. The maximum absolute atomic E-state index is 9.76. The first-order chi connectivity index (χ1) is 15.7. The maximum atomic E-state index is 9.76. The fraction of sp³-hybridized carbons (Fsp3) is 0. The van der Waals surface area contributed by atoms with Gasteiger partial charge in [-0.25, -0.2) is 9.97 Å². The van der Waals surface area contributed by atoms with Crippen molar-refractivity contribution in [2.45, 2.75) is 4.90 Å². The van der Waals surface area contributed by atoms with Crippen molar-refractivity contribution in [2.75, 3.05) is 0 Å². The van der Waals surface area contributed by atoms with Gasteiger partial charge in [0.2, 0.25) is 0 Å². The summed E-state index contributed by atoms with van der Waals surface area (Å²) in [4.78, 5) is 9.96. The number of phenolic OH excluding ortho intramolecular Hbond substituents is 1. The molecule has 7 heteroatoms. The molecule has 6 aromatic rings. The molecule has 158 valence electrons. The van der Waals surface area contributed by atoms with Gasteiger partial charge in [-0.2, -0.15) is 4.90 Å². The number of nitrogens with zero attached hydrogens (tertiary/aromatic N) is 2. The Balaban J connectivity index is 0.000000152. The smallest absolute Gasteiger partial charge is 0.128 e. The number of hydrogen-bond acceptors (Lipinski definition) is 6. The number of para-hydroxylation sites is 3. The fourth-order valence-electron chi connectivity index (χ4n) is 3.27. The predicted octanol–water partition coefficient (Wildman–Crippen LogP) is 7.54. The average Bonchev–Trinajstić information content (AvgIpc) is 3.44. The number of aromatic hydroxyl groups is 1. The Morgan fingerprint density at radius 2 is 1.03 bits per heavy atom. The molecule has 33 heavy (non-hydrogen) atoms. The zero-order valence-corrected chi connectivity index (χ0v) is 22.9. The molecule has 0 amide bonds. The van der Waals surface area contributed by atoms with E-state index >= 15 is 0 Å². The van der Waals surface area contributed by atoms with Crippen LogP contribution in [0.25, 0.3) is 41.6 Å². The van der Waals surface area contributed by atoms with Crippen LogP contribution < -0.4 is 0 Å². The SMILES string of the molecule is Oc1ccccc1-c1nc2ccccc2s1.[S-]c1ccccc1-c1nc2ccccc2s1.[Zn]. The van der Waals surface area contributed by atoms with Gasteiger partial charge in [0.1, 0.15) is 15.8 Å². The van der Waals surface area contributed by atoms with Crippen LogP contribution >= 0.6 is 22.7 Å². The summed E-state index contributed by atoms with van der Waals surface area (Å²) in [6.45, 7) is 0. The largest absolute Gasteiger partial charge is 0.779 e. The Hall–Kier alpha value is -2.70. The molecule has 4 aromatic carbocycles. The van der Waals surface area contributed by atoms with E-state index in [9.17, 15) is 5.11 Å². The van der Waals surface area contributed by atoms with E-state index in [0.29, 0.717) is 0 Å². The molecule has 0 spiro atoms. The number of benzene rings is 4. The Labute approximate surface area is 218 Å². The van der Waals surface area contributed by atoms with Gasteiger partial charge in [-0.05, 0) is 42.0 Å². The number of hydrogen-bond donors (Lipinski definition) is 1. The first-order valence-electron chi connectivity index (χ1n) is 9.95. The standard InChI is InChI=1S/C13H9NOS.C13H9NS2.Zn/c2*15-11-7-3-1-5-9(11)13-14-10-6-2-4-8-12(10)16-13;/h2*1-8,15H;/p-1. The summed E-state index contributed by atoms with van der Waals surface area (Å²) in [6.07, 6.45) is 0. The maximum Gasteiger partial charge on any atom is 0.128 e. The molecule has 0 aliphatic heterocycles. The molecule has 0 aliphatic rings. The first kappa shape index (κ1) is 23.5. The Kier molecular flexibility index (Phi) is 7.46. The van der Waals surface area contributed by atoms with Crippen molar-refractivity contribution < 1.29 is 24.6 Å². The average molecular weight is 535 g/mol. The molecule has 0 atom stereocenters. The molecule has 1 N–H and O–H groups in total. The van der Waals surface area contributed by atoms with Gasteiger partial charge in [0.05, 0.1) is 26.0 Å². The van der Waals surface area contributed by atoms with Crippen molar-refractivity contribution in [3.63, 3.8) is 0 Å². The minimum atomic E-state index is 0. The molecule has 0 aliphatic carbocycles. The van der Waals surface area contributed by atoms with E-state index < -0.39 is 0 Å². The van der Waals surface area contributed by atoms with Gasteiger partial charge in [-0.15, -0.1) is 22.7 Å². The number of phenols is 1. The second kappa shape index (κ2) is 10.5. The predicted molar refractivity (Wildman–Crippen MR) is 137 cm³/mol. The van der Waals surface area contributed by atoms with Gasteiger partial charge in [-0.1, -0.05) is 60.7 Å². The van der Waals surface area contributed by atoms with E-state index in [1.807, 2.05) is 84.9 Å². The monoisotopic (exact) mass is 533 g/mol. The third-order valence-corrected chi connectivity index (χ3v) is 7.34. The molecule has 0 saturated heterocycles. The van der Waals surface area contributed by atoms with Gasteiger partial charge in [0.15, 0.2) is 0 Å². The molecular weight excluding hydrogens is 518 g/mol. The number of thiazole rings is 2. The van der Waals surface area contributed by atoms with Crippen molar-refractivity contribution in [3.05, 3.63) is 97.1 Å². The third-order valence-electron chi connectivity index (χ3n) is 4.84. The first-order valence-corrected chi connectivity index (χ1v) is 12.0. The van der Waals surface area contributed by atoms with Crippen LogP contribution in [-0.2, 0) is 32.1 Å². The number of fused-ring (bicyclic) bond motifs is 2. The second-order valence-electron chi connectivity index (χ2n) is 6.99. The molecule has 0 bridgehead atoms. The zero-order chi connectivity index (χ0) is 21.9. The van der Waals surface area contributed by atoms with Crippen LogP contribution in [0.2, 0.25) is 0 Å². The van der Waals surface area contributed by atoms with E-state index in [1.165, 1.54) is 4.70 Å². The van der Waals surface area contributed by atoms with Crippen LogP contribution in [0.4, 0.5) is 0 Å². The van der Waals surface area contributed by atoms with E-state index in [-0.39, 0.29) is 25.2 Å². The van der Waals surface area contributed by atoms with Crippen molar-refractivity contribution in [3.8, 4) is 26.9 Å². The minimum Gasteiger partial charge on any atom is -0.779 e. The van der Waals surface area contributed by atoms with Crippen molar-refractivity contribution >= 4 is 55.7 Å². The molecule has 6 rings (SSSR count). The van der Waals surface area contributed by atoms with Crippen molar-refractivity contribution in [1.29, 1.82) is 0 Å². The van der Waals surface area contributed by atoms with Crippen LogP contribution in [0, 0.1) is 0 Å². The van der Waals surface area contributed by atoms with E-state index in [2.05, 4.69) is 16.0 Å². The summed E-state index contributed by atoms with van der Waals surface area (Å²) in [5.74, 6) is 0.279. The van der Waals surface area contributed by atoms with Crippen LogP contribution in [0.3, 0.4) is 0 Å². The van der Waals surface area contributed by atoms with Gasteiger partial charge >= 0.3 is 0 Å². The van der Waals surface area contributed by atoms with Crippen LogP contribution in [0.1, 0.15) is 0 Å². The Bertz CT molecular complexity index is 1350. The van der Waals surface area contributed by atoms with Gasteiger partial charge < -0.3 is 17.7 Å². The molecule has 3 nitrogen and oxygen atoms in total. The molecule has 0 saturated carbocycles. The topological polar surface area (TPSA) is 46.0 Å². The molecule has 0 unspecified atom stereocenters. The zero-order valence-electron chi connectivity index (χ0n) is 17.5. The summed E-state index contributed by atoms with van der Waals surface area (Å²) in [6, 6.07) is 31.3. The minimum absolute atomic E-state index is 0. The molecule has 0 radical (unpaired) electrons. The van der Waals surface area contributed by atoms with Crippen molar-refractivity contribution in [1.82, 2.24) is 9.97 Å². The van der Waals surface area contributed by atoms with E-state index in [1.54, 1.807) is 28.7 Å². The Morgan fingerprint density at radius 3 is 1.58 bits per heavy atom. The normalized spacial score (nSPS) is 10.4. The van der Waals surface area contributed by atoms with Crippen LogP contribution in [-0.4, -0.2) is 15.1 Å². The number of rotatable bonds is 2. The quantitative estimate of drug-likeness (QED) is 0.184. The van der Waals surface area contributed by atoms with Crippen LogP contribution in [0.5, 0.6) is 5.75 Å². The molecular formula is C26H17N2OS3Zn-. The van der Waals surface area contributed by atoms with E-state index in [0.717, 1.165) is 41.8 Å². The molecule has 2 heterocycles. The van der Waals surface area contributed by atoms with Gasteiger partial charge in [-0.3, -0.25) is 0 Å². The summed E-state index contributed by atoms with van der Waals surface area (Å²) in [5, 5.41) is 11.6. The Morgan fingerprint density at radius 1 is 0.576 bits per heavy atom. The van der Waals surface area contributed by atoms with Crippen LogP contribution in [0.15, 0.2) is 102 Å². The second-order valence-corrected chi connectivity index (χ2v) is 9.49. The summed E-state index contributed by atoms with van der Waals surface area (Å²) >= 11 is 8.59. The summed E-state index contributed by atoms with van der Waals surface area (Å²) in [7, 11) is 0. The van der Waals surface area contributed by atoms with Gasteiger partial charge in [0, 0.05) is 19.5 Å². The van der Waals surface area contributed by atoms with Crippen molar-refractivity contribution in [2.24, 2.45) is 0 Å².